The van der Waals surface area contributed by atoms with Gasteiger partial charge in [-0.25, -0.2) is 0 Å². The first kappa shape index (κ1) is 20.2. The standard InChI is InChI=1S/C24H28N2O4/c1-28-21-9-4-7-18(24(21)30-3)23-19-8-5-12-25(19)13-6-14-26(23)16-17-10-11-20(27)22(15-17)29-2/h4-5,7-12,15,23,27H,6,13-14,16H2,1-3H3. The molecule has 3 aromatic rings. The summed E-state index contributed by atoms with van der Waals surface area (Å²) in [5.74, 6) is 2.12. The van der Waals surface area contributed by atoms with Gasteiger partial charge in [0.25, 0.3) is 0 Å². The fourth-order valence-electron chi connectivity index (χ4n) is 4.35. The number of phenolic OH excluding ortho intramolecular Hbond substituents is 1. The molecule has 0 saturated carbocycles. The van der Waals surface area contributed by atoms with E-state index in [2.05, 4.69) is 33.9 Å². The van der Waals surface area contributed by atoms with Crippen LogP contribution in [0.2, 0.25) is 0 Å². The number of aromatic nitrogens is 1. The fourth-order valence-corrected chi connectivity index (χ4v) is 4.35. The van der Waals surface area contributed by atoms with Crippen LogP contribution in [0.25, 0.3) is 0 Å². The lowest BCUT2D eigenvalue weighted by Gasteiger charge is -2.32. The van der Waals surface area contributed by atoms with Crippen LogP contribution < -0.4 is 14.2 Å². The highest BCUT2D eigenvalue weighted by Crippen LogP contribution is 2.42. The van der Waals surface area contributed by atoms with E-state index in [-0.39, 0.29) is 11.8 Å². The number of hydrogen-bond donors (Lipinski definition) is 1. The van der Waals surface area contributed by atoms with Crippen molar-refractivity contribution >= 4 is 0 Å². The highest BCUT2D eigenvalue weighted by Gasteiger charge is 2.30. The van der Waals surface area contributed by atoms with Crippen molar-refractivity contribution in [2.45, 2.75) is 25.6 Å². The first-order valence-electron chi connectivity index (χ1n) is 10.1. The van der Waals surface area contributed by atoms with Gasteiger partial charge in [-0.1, -0.05) is 18.2 Å². The number of aromatic hydroxyl groups is 1. The van der Waals surface area contributed by atoms with Crippen molar-refractivity contribution in [2.75, 3.05) is 27.9 Å². The Labute approximate surface area is 177 Å². The minimum Gasteiger partial charge on any atom is -0.504 e. The Morgan fingerprint density at radius 1 is 0.933 bits per heavy atom. The summed E-state index contributed by atoms with van der Waals surface area (Å²) in [5.41, 5.74) is 3.38. The number of ether oxygens (including phenoxy) is 3. The van der Waals surface area contributed by atoms with E-state index in [9.17, 15) is 5.11 Å². The maximum atomic E-state index is 9.97. The summed E-state index contributed by atoms with van der Waals surface area (Å²) in [6.07, 6.45) is 3.18. The summed E-state index contributed by atoms with van der Waals surface area (Å²) in [6, 6.07) is 15.9. The van der Waals surface area contributed by atoms with E-state index in [1.807, 2.05) is 24.3 Å². The zero-order valence-corrected chi connectivity index (χ0v) is 17.7. The molecule has 6 heteroatoms. The molecule has 0 aliphatic carbocycles. The van der Waals surface area contributed by atoms with Gasteiger partial charge in [0.1, 0.15) is 0 Å². The predicted molar refractivity (Wildman–Crippen MR) is 116 cm³/mol. The summed E-state index contributed by atoms with van der Waals surface area (Å²) >= 11 is 0. The van der Waals surface area contributed by atoms with Gasteiger partial charge in [0, 0.05) is 37.1 Å². The first-order chi connectivity index (χ1) is 14.7. The lowest BCUT2D eigenvalue weighted by molar-refractivity contribution is 0.215. The van der Waals surface area contributed by atoms with Crippen molar-refractivity contribution < 1.29 is 19.3 Å². The monoisotopic (exact) mass is 408 g/mol. The molecule has 1 aliphatic heterocycles. The van der Waals surface area contributed by atoms with Crippen molar-refractivity contribution in [2.24, 2.45) is 0 Å². The van der Waals surface area contributed by atoms with Crippen molar-refractivity contribution in [3.63, 3.8) is 0 Å². The zero-order valence-electron chi connectivity index (χ0n) is 17.7. The molecule has 30 heavy (non-hydrogen) atoms. The highest BCUT2D eigenvalue weighted by atomic mass is 16.5. The second-order valence-electron chi connectivity index (χ2n) is 7.44. The molecule has 1 unspecified atom stereocenters. The summed E-state index contributed by atoms with van der Waals surface area (Å²) < 4.78 is 19.0. The largest absolute Gasteiger partial charge is 0.504 e. The molecular weight excluding hydrogens is 380 g/mol. The van der Waals surface area contributed by atoms with Gasteiger partial charge < -0.3 is 23.9 Å². The van der Waals surface area contributed by atoms with Crippen LogP contribution in [-0.4, -0.2) is 42.4 Å². The summed E-state index contributed by atoms with van der Waals surface area (Å²) in [6.45, 7) is 2.61. The van der Waals surface area contributed by atoms with Crippen LogP contribution in [0, 0.1) is 0 Å². The van der Waals surface area contributed by atoms with Crippen LogP contribution in [0.5, 0.6) is 23.0 Å². The van der Waals surface area contributed by atoms with Crippen molar-refractivity contribution in [1.82, 2.24) is 9.47 Å². The van der Waals surface area contributed by atoms with E-state index in [1.54, 1.807) is 27.4 Å². The molecule has 1 atom stereocenters. The molecule has 1 aliphatic rings. The number of methoxy groups -OCH3 is 3. The zero-order chi connectivity index (χ0) is 21.1. The third-order valence-electron chi connectivity index (χ3n) is 5.71. The van der Waals surface area contributed by atoms with E-state index in [1.165, 1.54) is 5.69 Å². The Bertz CT molecular complexity index is 1010. The number of para-hydroxylation sites is 1. The summed E-state index contributed by atoms with van der Waals surface area (Å²) in [4.78, 5) is 2.45. The predicted octanol–water partition coefficient (Wildman–Crippen LogP) is 4.21. The van der Waals surface area contributed by atoms with Crippen molar-refractivity contribution in [1.29, 1.82) is 0 Å². The number of phenols is 1. The molecule has 4 rings (SSSR count). The van der Waals surface area contributed by atoms with Crippen LogP contribution in [0.3, 0.4) is 0 Å². The van der Waals surface area contributed by atoms with Gasteiger partial charge in [0.15, 0.2) is 23.0 Å². The van der Waals surface area contributed by atoms with E-state index in [4.69, 9.17) is 14.2 Å². The van der Waals surface area contributed by atoms with E-state index >= 15 is 0 Å². The van der Waals surface area contributed by atoms with E-state index in [0.29, 0.717) is 12.3 Å². The molecule has 158 valence electrons. The molecule has 0 spiro atoms. The van der Waals surface area contributed by atoms with E-state index in [0.717, 1.165) is 42.1 Å². The number of aryl methyl sites for hydroxylation is 1. The third kappa shape index (κ3) is 3.71. The second-order valence-corrected chi connectivity index (χ2v) is 7.44. The summed E-state index contributed by atoms with van der Waals surface area (Å²) in [5, 5.41) is 9.97. The van der Waals surface area contributed by atoms with E-state index < -0.39 is 0 Å². The molecule has 0 amide bonds. The second kappa shape index (κ2) is 8.71. The SMILES string of the molecule is COc1cc(CN2CCCn3cccc3C2c2cccc(OC)c2OC)ccc1O. The van der Waals surface area contributed by atoms with Gasteiger partial charge >= 0.3 is 0 Å². The average Bonchev–Trinajstić information content (AvgIpc) is 3.16. The third-order valence-corrected chi connectivity index (χ3v) is 5.71. The minimum absolute atomic E-state index is 0.00680. The summed E-state index contributed by atoms with van der Waals surface area (Å²) in [7, 11) is 4.92. The Morgan fingerprint density at radius 2 is 1.77 bits per heavy atom. The lowest BCUT2D eigenvalue weighted by Crippen LogP contribution is -2.30. The molecule has 0 fully saturated rings. The Kier molecular flexibility index (Phi) is 5.86. The van der Waals surface area contributed by atoms with Crippen LogP contribution in [0.1, 0.15) is 29.3 Å². The molecule has 1 N–H and O–H groups in total. The lowest BCUT2D eigenvalue weighted by atomic mass is 9.99. The van der Waals surface area contributed by atoms with Crippen molar-refractivity contribution in [3.05, 3.63) is 71.5 Å². The number of rotatable bonds is 6. The van der Waals surface area contributed by atoms with Crippen LogP contribution >= 0.6 is 0 Å². The molecule has 0 saturated heterocycles. The van der Waals surface area contributed by atoms with Gasteiger partial charge in [-0.15, -0.1) is 0 Å². The Balaban J connectivity index is 1.79. The molecule has 2 aromatic carbocycles. The highest BCUT2D eigenvalue weighted by molar-refractivity contribution is 5.50. The molecule has 6 nitrogen and oxygen atoms in total. The van der Waals surface area contributed by atoms with Crippen LogP contribution in [0.15, 0.2) is 54.7 Å². The molecule has 0 bridgehead atoms. The van der Waals surface area contributed by atoms with Gasteiger partial charge in [-0.05, 0) is 42.3 Å². The molecule has 2 heterocycles. The number of nitrogens with zero attached hydrogens (tertiary/aromatic N) is 2. The fraction of sp³-hybridized carbons (Fsp3) is 0.333. The Hall–Kier alpha value is -3.12. The number of fused-ring (bicyclic) bond motifs is 1. The topological polar surface area (TPSA) is 56.1 Å². The maximum absolute atomic E-state index is 9.97. The van der Waals surface area contributed by atoms with Gasteiger partial charge in [-0.2, -0.15) is 0 Å². The minimum atomic E-state index is 0.00680. The van der Waals surface area contributed by atoms with Crippen molar-refractivity contribution in [3.8, 4) is 23.0 Å². The number of hydrogen-bond acceptors (Lipinski definition) is 5. The molecule has 0 radical (unpaired) electrons. The van der Waals surface area contributed by atoms with Gasteiger partial charge in [0.05, 0.1) is 27.4 Å². The average molecular weight is 408 g/mol. The maximum Gasteiger partial charge on any atom is 0.165 e. The first-order valence-corrected chi connectivity index (χ1v) is 10.1. The normalized spacial score (nSPS) is 16.6. The molecular formula is C24H28N2O4. The van der Waals surface area contributed by atoms with Gasteiger partial charge in [0.2, 0.25) is 0 Å². The van der Waals surface area contributed by atoms with Crippen LogP contribution in [-0.2, 0) is 13.1 Å². The quantitative estimate of drug-likeness (QED) is 0.662. The van der Waals surface area contributed by atoms with Crippen LogP contribution in [0.4, 0.5) is 0 Å². The number of benzene rings is 2. The van der Waals surface area contributed by atoms with Gasteiger partial charge in [-0.3, -0.25) is 4.90 Å². The Morgan fingerprint density at radius 3 is 2.53 bits per heavy atom. The molecule has 1 aromatic heterocycles. The smallest absolute Gasteiger partial charge is 0.165 e.